The lowest BCUT2D eigenvalue weighted by Gasteiger charge is -2.42. The maximum atomic E-state index is 13.0. The molecule has 0 bridgehead atoms. The van der Waals surface area contributed by atoms with E-state index in [0.29, 0.717) is 49.7 Å². The molecule has 2 aliphatic rings. The van der Waals surface area contributed by atoms with Crippen LogP contribution >= 0.6 is 0 Å². The molecule has 4 atom stereocenters. The third kappa shape index (κ3) is 6.81. The van der Waals surface area contributed by atoms with Crippen molar-refractivity contribution in [2.75, 3.05) is 6.54 Å². The summed E-state index contributed by atoms with van der Waals surface area (Å²) in [5, 5.41) is 17.0. The normalized spacial score (nSPS) is 22.9. The average molecular weight is 566 g/mol. The molecule has 1 aliphatic heterocycles. The number of imide groups is 1. The molecule has 0 radical (unpaired) electrons. The summed E-state index contributed by atoms with van der Waals surface area (Å²) in [4.78, 5) is 60.9. The monoisotopic (exact) mass is 565 g/mol. The first-order valence-corrected chi connectivity index (χ1v) is 14.2. The molecule has 2 aromatic rings. The summed E-state index contributed by atoms with van der Waals surface area (Å²) in [5.74, 6) is 5.38. The molecule has 4 amide bonds. The molecule has 11 nitrogen and oxygen atoms in total. The second-order valence-electron chi connectivity index (χ2n) is 12.1. The summed E-state index contributed by atoms with van der Waals surface area (Å²) in [5.41, 5.74) is 1.55. The lowest BCUT2D eigenvalue weighted by atomic mass is 9.65. The summed E-state index contributed by atoms with van der Waals surface area (Å²) in [6.07, 6.45) is 2.64. The second kappa shape index (κ2) is 12.2. The van der Waals surface area contributed by atoms with E-state index in [2.05, 4.69) is 48.6 Å². The van der Waals surface area contributed by atoms with Gasteiger partial charge in [0, 0.05) is 44.0 Å². The number of imidazole rings is 1. The Hall–Kier alpha value is -4.07. The van der Waals surface area contributed by atoms with Crippen molar-refractivity contribution in [3.8, 4) is 11.8 Å². The number of carbonyl (C=O) groups is 4. The van der Waals surface area contributed by atoms with E-state index in [1.165, 1.54) is 9.13 Å². The number of benzene rings is 1. The highest BCUT2D eigenvalue weighted by Crippen LogP contribution is 2.42. The molecule has 1 saturated carbocycles. The Labute approximate surface area is 239 Å². The molecule has 2 heterocycles. The number of nitrogens with zero attached hydrogens (tertiary/aromatic N) is 2. The molecule has 4 N–H and O–H groups in total. The summed E-state index contributed by atoms with van der Waals surface area (Å²) >= 11 is 0. The van der Waals surface area contributed by atoms with Crippen LogP contribution in [0.2, 0.25) is 0 Å². The van der Waals surface area contributed by atoms with Crippen LogP contribution in [0.1, 0.15) is 77.3 Å². The fourth-order valence-corrected chi connectivity index (χ4v) is 6.10. The van der Waals surface area contributed by atoms with Crippen molar-refractivity contribution in [1.82, 2.24) is 25.1 Å². The number of amides is 4. The van der Waals surface area contributed by atoms with Crippen molar-refractivity contribution in [1.29, 1.82) is 0 Å². The van der Waals surface area contributed by atoms with Gasteiger partial charge in [-0.1, -0.05) is 32.6 Å². The fourth-order valence-electron chi connectivity index (χ4n) is 6.10. The number of piperidine rings is 1. The minimum absolute atomic E-state index is 0.0125. The van der Waals surface area contributed by atoms with Gasteiger partial charge in [-0.25, -0.2) is 9.59 Å². The van der Waals surface area contributed by atoms with Crippen molar-refractivity contribution in [2.24, 2.45) is 24.3 Å². The van der Waals surface area contributed by atoms with Gasteiger partial charge in [-0.2, -0.15) is 0 Å². The molecule has 1 aromatic heterocycles. The average Bonchev–Trinajstić information content (AvgIpc) is 3.14. The van der Waals surface area contributed by atoms with E-state index in [1.807, 2.05) is 6.07 Å². The molecule has 0 spiro atoms. The SMILES string of the molecule is Cn1c(=O)n(C2CCC(=O)NC2=O)c2ccc(C#CCCCNC(=O)C3CCC(NC(=O)O)CC3C(C)(C)C)cc21. The lowest BCUT2D eigenvalue weighted by Crippen LogP contribution is -2.48. The Morgan fingerprint density at radius 3 is 2.56 bits per heavy atom. The van der Waals surface area contributed by atoms with Crippen molar-refractivity contribution in [2.45, 2.75) is 77.8 Å². The molecule has 4 unspecified atom stereocenters. The Balaban J connectivity index is 1.33. The molecule has 220 valence electrons. The van der Waals surface area contributed by atoms with Gasteiger partial charge in [-0.05, 0) is 61.6 Å². The third-order valence-electron chi connectivity index (χ3n) is 8.25. The number of carbonyl (C=O) groups excluding carboxylic acids is 3. The predicted molar refractivity (Wildman–Crippen MR) is 153 cm³/mol. The van der Waals surface area contributed by atoms with Crippen molar-refractivity contribution < 1.29 is 24.3 Å². The van der Waals surface area contributed by atoms with Crippen molar-refractivity contribution >= 4 is 34.8 Å². The molecular weight excluding hydrogens is 526 g/mol. The van der Waals surface area contributed by atoms with Crippen LogP contribution in [0, 0.1) is 29.1 Å². The summed E-state index contributed by atoms with van der Waals surface area (Å²) in [6.45, 7) is 6.78. The summed E-state index contributed by atoms with van der Waals surface area (Å²) in [7, 11) is 1.65. The molecule has 11 heteroatoms. The van der Waals surface area contributed by atoms with E-state index in [9.17, 15) is 24.0 Å². The number of rotatable bonds is 6. The Bertz CT molecular complexity index is 1470. The number of fused-ring (bicyclic) bond motifs is 1. The van der Waals surface area contributed by atoms with Crippen LogP contribution in [0.3, 0.4) is 0 Å². The Kier molecular flexibility index (Phi) is 8.90. The Morgan fingerprint density at radius 1 is 1.12 bits per heavy atom. The molecular formula is C30H39N5O6. The Morgan fingerprint density at radius 2 is 1.88 bits per heavy atom. The van der Waals surface area contributed by atoms with Gasteiger partial charge in [0.15, 0.2) is 0 Å². The van der Waals surface area contributed by atoms with E-state index < -0.39 is 18.0 Å². The highest BCUT2D eigenvalue weighted by atomic mass is 16.4. The standard InChI is InChI=1S/C30H39N5O6/c1-30(2,3)21-17-19(32-28(39)40)10-11-20(21)26(37)31-15-7-5-6-8-18-9-12-22-24(16-18)34(4)29(41)35(22)23-13-14-25(36)33-27(23)38/h9,12,16,19-21,23,32H,5,7,10-11,13-15,17H2,1-4H3,(H,31,37)(H,39,40)(H,33,36,38). The van der Waals surface area contributed by atoms with Crippen molar-refractivity contribution in [3.05, 3.63) is 34.2 Å². The zero-order chi connectivity index (χ0) is 29.9. The number of nitrogens with one attached hydrogen (secondary N) is 3. The second-order valence-corrected chi connectivity index (χ2v) is 12.1. The number of hydrogen-bond acceptors (Lipinski definition) is 5. The van der Waals surface area contributed by atoms with Crippen LogP contribution in [0.15, 0.2) is 23.0 Å². The van der Waals surface area contributed by atoms with Crippen LogP contribution in [-0.2, 0) is 21.4 Å². The molecule has 1 aliphatic carbocycles. The zero-order valence-corrected chi connectivity index (χ0v) is 24.1. The number of aromatic nitrogens is 2. The van der Waals surface area contributed by atoms with Crippen LogP contribution in [0.4, 0.5) is 4.79 Å². The van der Waals surface area contributed by atoms with E-state index in [-0.39, 0.29) is 53.6 Å². The smallest absolute Gasteiger partial charge is 0.404 e. The molecule has 2 fully saturated rings. The fraction of sp³-hybridized carbons (Fsp3) is 0.567. The quantitative estimate of drug-likeness (QED) is 0.240. The van der Waals surface area contributed by atoms with Gasteiger partial charge in [0.25, 0.3) is 0 Å². The maximum Gasteiger partial charge on any atom is 0.404 e. The van der Waals surface area contributed by atoms with Gasteiger partial charge >= 0.3 is 11.8 Å². The van der Waals surface area contributed by atoms with Crippen LogP contribution in [0.25, 0.3) is 11.0 Å². The van der Waals surface area contributed by atoms with Crippen LogP contribution in [-0.4, -0.2) is 50.6 Å². The molecule has 1 aromatic carbocycles. The van der Waals surface area contributed by atoms with E-state index in [4.69, 9.17) is 5.11 Å². The van der Waals surface area contributed by atoms with Gasteiger partial charge < -0.3 is 15.7 Å². The number of hydrogen-bond donors (Lipinski definition) is 4. The molecule has 41 heavy (non-hydrogen) atoms. The van der Waals surface area contributed by atoms with Gasteiger partial charge in [0.05, 0.1) is 11.0 Å². The molecule has 4 rings (SSSR count). The minimum atomic E-state index is -1.03. The van der Waals surface area contributed by atoms with E-state index >= 15 is 0 Å². The summed E-state index contributed by atoms with van der Waals surface area (Å²) < 4.78 is 2.92. The first-order chi connectivity index (χ1) is 19.4. The van der Waals surface area contributed by atoms with Crippen molar-refractivity contribution in [3.63, 3.8) is 0 Å². The highest BCUT2D eigenvalue weighted by molar-refractivity contribution is 6.00. The third-order valence-corrected chi connectivity index (χ3v) is 8.25. The van der Waals surface area contributed by atoms with Crippen LogP contribution in [0.5, 0.6) is 0 Å². The molecule has 1 saturated heterocycles. The van der Waals surface area contributed by atoms with Gasteiger partial charge in [0.2, 0.25) is 17.7 Å². The van der Waals surface area contributed by atoms with Gasteiger partial charge in [-0.3, -0.25) is 28.8 Å². The maximum absolute atomic E-state index is 13.0. The van der Waals surface area contributed by atoms with E-state index in [0.717, 1.165) is 5.56 Å². The number of carboxylic acid groups (broad SMARTS) is 1. The zero-order valence-electron chi connectivity index (χ0n) is 24.1. The number of aryl methyl sites for hydroxylation is 1. The van der Waals surface area contributed by atoms with E-state index in [1.54, 1.807) is 19.2 Å². The van der Waals surface area contributed by atoms with Gasteiger partial charge in [-0.15, -0.1) is 0 Å². The minimum Gasteiger partial charge on any atom is -0.465 e. The largest absolute Gasteiger partial charge is 0.465 e. The van der Waals surface area contributed by atoms with Gasteiger partial charge in [0.1, 0.15) is 6.04 Å². The van der Waals surface area contributed by atoms with Crippen LogP contribution < -0.4 is 21.6 Å². The number of unbranched alkanes of at least 4 members (excludes halogenated alkanes) is 1. The summed E-state index contributed by atoms with van der Waals surface area (Å²) in [6, 6.07) is 4.54. The first kappa shape index (κ1) is 29.9. The topological polar surface area (TPSA) is 152 Å². The predicted octanol–water partition coefficient (Wildman–Crippen LogP) is 2.66. The first-order valence-electron chi connectivity index (χ1n) is 14.2. The lowest BCUT2D eigenvalue weighted by molar-refractivity contribution is -0.135. The highest BCUT2D eigenvalue weighted by Gasteiger charge is 2.41.